The van der Waals surface area contributed by atoms with Crippen molar-refractivity contribution < 1.29 is 17.9 Å². The van der Waals surface area contributed by atoms with E-state index in [1.165, 1.54) is 12.1 Å². The zero-order valence-corrected chi connectivity index (χ0v) is 13.2. The van der Waals surface area contributed by atoms with Gasteiger partial charge < -0.3 is 5.11 Å². The van der Waals surface area contributed by atoms with E-state index in [1.807, 2.05) is 0 Å². The van der Waals surface area contributed by atoms with Crippen LogP contribution in [0.4, 0.5) is 4.39 Å². The van der Waals surface area contributed by atoms with Crippen LogP contribution >= 0.6 is 11.6 Å². The van der Waals surface area contributed by atoms with Crippen molar-refractivity contribution in [3.63, 3.8) is 0 Å². The van der Waals surface area contributed by atoms with Gasteiger partial charge in [0, 0.05) is 17.1 Å². The monoisotopic (exact) mass is 343 g/mol. The maximum Gasteiger partial charge on any atom is 0.216 e. The smallest absolute Gasteiger partial charge is 0.216 e. The second kappa shape index (κ2) is 7.19. The van der Waals surface area contributed by atoms with Crippen molar-refractivity contribution in [2.24, 2.45) is 0 Å². The summed E-state index contributed by atoms with van der Waals surface area (Å²) in [6, 6.07) is 10.7. The molecule has 0 unspecified atom stereocenters. The van der Waals surface area contributed by atoms with Crippen LogP contribution in [0, 0.1) is 5.82 Å². The first-order valence-corrected chi connectivity index (χ1v) is 8.53. The van der Waals surface area contributed by atoms with Crippen LogP contribution in [-0.4, -0.2) is 13.5 Å². The van der Waals surface area contributed by atoms with E-state index in [0.717, 1.165) is 6.07 Å². The van der Waals surface area contributed by atoms with Crippen molar-refractivity contribution in [2.45, 2.75) is 18.9 Å². The molecule has 0 spiro atoms. The first-order chi connectivity index (χ1) is 10.4. The molecular formula is C15H15ClFNO3S. The summed E-state index contributed by atoms with van der Waals surface area (Å²) in [6.45, 7) is -0.151. The van der Waals surface area contributed by atoms with E-state index in [9.17, 15) is 17.9 Å². The second-order valence-corrected chi connectivity index (χ2v) is 6.99. The summed E-state index contributed by atoms with van der Waals surface area (Å²) in [5.41, 5.74) is 1.31. The van der Waals surface area contributed by atoms with E-state index in [2.05, 4.69) is 4.72 Å². The zero-order valence-electron chi connectivity index (χ0n) is 11.6. The number of halogens is 2. The van der Waals surface area contributed by atoms with E-state index in [0.29, 0.717) is 11.1 Å². The molecule has 0 aromatic heterocycles. The summed E-state index contributed by atoms with van der Waals surface area (Å²) < 4.78 is 40.1. The Bertz CT molecular complexity index is 765. The molecule has 2 aromatic carbocycles. The van der Waals surface area contributed by atoms with Gasteiger partial charge in [-0.15, -0.1) is 0 Å². The highest BCUT2D eigenvalue weighted by atomic mass is 35.5. The van der Waals surface area contributed by atoms with Gasteiger partial charge in [-0.1, -0.05) is 35.9 Å². The largest absolute Gasteiger partial charge is 0.392 e. The van der Waals surface area contributed by atoms with Crippen molar-refractivity contribution in [3.05, 3.63) is 70.0 Å². The first kappa shape index (κ1) is 16.9. The standard InChI is InChI=1S/C15H15ClFNO3S/c16-14-5-6-15(17)13(7-14)10-22(20,21)18-8-11-3-1-2-4-12(11)9-19/h1-7,18-19H,8-10H2. The maximum absolute atomic E-state index is 13.6. The van der Waals surface area contributed by atoms with E-state index < -0.39 is 21.6 Å². The van der Waals surface area contributed by atoms with Gasteiger partial charge in [-0.05, 0) is 29.3 Å². The number of aliphatic hydroxyl groups excluding tert-OH is 1. The Morgan fingerprint density at radius 2 is 1.77 bits per heavy atom. The number of rotatable bonds is 6. The summed E-state index contributed by atoms with van der Waals surface area (Å²) in [5, 5.41) is 9.48. The fourth-order valence-electron chi connectivity index (χ4n) is 1.98. The topological polar surface area (TPSA) is 66.4 Å². The summed E-state index contributed by atoms with van der Waals surface area (Å²) in [5.74, 6) is -1.12. The van der Waals surface area contributed by atoms with Crippen LogP contribution in [0.2, 0.25) is 5.02 Å². The summed E-state index contributed by atoms with van der Waals surface area (Å²) in [4.78, 5) is 0. The highest BCUT2D eigenvalue weighted by Gasteiger charge is 2.15. The summed E-state index contributed by atoms with van der Waals surface area (Å²) in [6.07, 6.45) is 0. The molecule has 0 saturated heterocycles. The highest BCUT2D eigenvalue weighted by Crippen LogP contribution is 2.17. The normalized spacial score (nSPS) is 11.6. The van der Waals surface area contributed by atoms with Gasteiger partial charge in [-0.25, -0.2) is 17.5 Å². The van der Waals surface area contributed by atoms with Gasteiger partial charge in [0.15, 0.2) is 0 Å². The lowest BCUT2D eigenvalue weighted by Crippen LogP contribution is -2.25. The number of aliphatic hydroxyl groups is 1. The lowest BCUT2D eigenvalue weighted by molar-refractivity contribution is 0.280. The molecule has 0 radical (unpaired) electrons. The number of nitrogens with one attached hydrogen (secondary N) is 1. The Hall–Kier alpha value is -1.47. The van der Waals surface area contributed by atoms with Crippen LogP contribution in [-0.2, 0) is 28.9 Å². The van der Waals surface area contributed by atoms with E-state index in [4.69, 9.17) is 11.6 Å². The van der Waals surface area contributed by atoms with Gasteiger partial charge in [0.1, 0.15) is 5.82 Å². The minimum absolute atomic E-state index is 0.00967. The fourth-order valence-corrected chi connectivity index (χ4v) is 3.28. The van der Waals surface area contributed by atoms with E-state index in [1.54, 1.807) is 24.3 Å². The number of hydrogen-bond acceptors (Lipinski definition) is 3. The number of sulfonamides is 1. The van der Waals surface area contributed by atoms with Crippen LogP contribution in [0.15, 0.2) is 42.5 Å². The Morgan fingerprint density at radius 3 is 2.45 bits per heavy atom. The van der Waals surface area contributed by atoms with Crippen molar-refractivity contribution in [2.75, 3.05) is 0 Å². The fraction of sp³-hybridized carbons (Fsp3) is 0.200. The molecule has 0 aliphatic heterocycles. The molecule has 2 N–H and O–H groups in total. The Morgan fingerprint density at radius 1 is 1.09 bits per heavy atom. The molecule has 7 heteroatoms. The molecule has 0 saturated carbocycles. The third-order valence-electron chi connectivity index (χ3n) is 3.12. The minimum Gasteiger partial charge on any atom is -0.392 e. The van der Waals surface area contributed by atoms with E-state index in [-0.39, 0.29) is 23.7 Å². The molecule has 0 heterocycles. The molecule has 22 heavy (non-hydrogen) atoms. The molecule has 0 aliphatic carbocycles. The lowest BCUT2D eigenvalue weighted by Gasteiger charge is -2.10. The molecule has 0 atom stereocenters. The molecular weight excluding hydrogens is 329 g/mol. The van der Waals surface area contributed by atoms with Crippen LogP contribution < -0.4 is 4.72 Å². The molecule has 118 valence electrons. The average molecular weight is 344 g/mol. The van der Waals surface area contributed by atoms with Gasteiger partial charge in [-0.3, -0.25) is 0 Å². The molecule has 0 amide bonds. The number of hydrogen-bond donors (Lipinski definition) is 2. The molecule has 0 fully saturated rings. The highest BCUT2D eigenvalue weighted by molar-refractivity contribution is 7.88. The molecule has 2 aromatic rings. The van der Waals surface area contributed by atoms with Crippen molar-refractivity contribution in [1.82, 2.24) is 4.72 Å². The van der Waals surface area contributed by atoms with Gasteiger partial charge in [0.25, 0.3) is 0 Å². The predicted octanol–water partition coefficient (Wildman–Crippen LogP) is 2.59. The van der Waals surface area contributed by atoms with Gasteiger partial charge in [0.2, 0.25) is 10.0 Å². The van der Waals surface area contributed by atoms with Gasteiger partial charge >= 0.3 is 0 Å². The second-order valence-electron chi connectivity index (χ2n) is 4.74. The molecule has 4 nitrogen and oxygen atoms in total. The van der Waals surface area contributed by atoms with Crippen molar-refractivity contribution in [1.29, 1.82) is 0 Å². The summed E-state index contributed by atoms with van der Waals surface area (Å²) >= 11 is 5.75. The maximum atomic E-state index is 13.6. The Balaban J connectivity index is 2.10. The molecule has 0 bridgehead atoms. The van der Waals surface area contributed by atoms with Crippen LogP contribution in [0.3, 0.4) is 0 Å². The quantitative estimate of drug-likeness (QED) is 0.847. The summed E-state index contributed by atoms with van der Waals surface area (Å²) in [7, 11) is -3.73. The van der Waals surface area contributed by atoms with Crippen LogP contribution in [0.1, 0.15) is 16.7 Å². The zero-order chi connectivity index (χ0) is 16.2. The lowest BCUT2D eigenvalue weighted by atomic mass is 10.1. The van der Waals surface area contributed by atoms with Gasteiger partial charge in [0.05, 0.1) is 12.4 Å². The van der Waals surface area contributed by atoms with E-state index >= 15 is 0 Å². The Labute approximate surface area is 133 Å². The molecule has 2 rings (SSSR count). The van der Waals surface area contributed by atoms with Crippen LogP contribution in [0.5, 0.6) is 0 Å². The van der Waals surface area contributed by atoms with Gasteiger partial charge in [-0.2, -0.15) is 0 Å². The Kier molecular flexibility index (Phi) is 5.52. The SMILES string of the molecule is O=S(=O)(Cc1cc(Cl)ccc1F)NCc1ccccc1CO. The number of benzene rings is 2. The molecule has 0 aliphatic rings. The van der Waals surface area contributed by atoms with Crippen LogP contribution in [0.25, 0.3) is 0 Å². The van der Waals surface area contributed by atoms with Crippen molar-refractivity contribution in [3.8, 4) is 0 Å². The third kappa shape index (κ3) is 4.51. The predicted molar refractivity (Wildman–Crippen MR) is 83.2 cm³/mol. The minimum atomic E-state index is -3.73. The van der Waals surface area contributed by atoms with Crippen molar-refractivity contribution >= 4 is 21.6 Å². The first-order valence-electron chi connectivity index (χ1n) is 6.50. The average Bonchev–Trinajstić information content (AvgIpc) is 2.49. The third-order valence-corrected chi connectivity index (χ3v) is 4.63.